The third kappa shape index (κ3) is 4.33. The van der Waals surface area contributed by atoms with Crippen LogP contribution in [-0.2, 0) is 20.7 Å². The normalized spacial score (nSPS) is 22.4. The number of aryl methyl sites for hydroxylation is 1. The molecule has 0 radical (unpaired) electrons. The van der Waals surface area contributed by atoms with E-state index >= 15 is 0 Å². The lowest BCUT2D eigenvalue weighted by Gasteiger charge is -2.11. The average molecular weight is 263 g/mol. The van der Waals surface area contributed by atoms with Crippen LogP contribution >= 0.6 is 0 Å². The molecule has 0 bridgehead atoms. The number of rotatable bonds is 6. The highest BCUT2D eigenvalue weighted by Gasteiger charge is 2.30. The van der Waals surface area contributed by atoms with Crippen molar-refractivity contribution in [1.29, 1.82) is 0 Å². The Labute approximate surface area is 113 Å². The Morgan fingerprint density at radius 2 is 2.11 bits per heavy atom. The molecule has 4 heteroatoms. The van der Waals surface area contributed by atoms with Crippen LogP contribution in [0.25, 0.3) is 0 Å². The molecule has 2 rings (SSSR count). The second kappa shape index (κ2) is 7.26. The van der Waals surface area contributed by atoms with Crippen molar-refractivity contribution in [3.63, 3.8) is 0 Å². The minimum atomic E-state index is -0.412. The van der Waals surface area contributed by atoms with Gasteiger partial charge in [-0.25, -0.2) is 4.79 Å². The van der Waals surface area contributed by atoms with Crippen LogP contribution in [0.2, 0.25) is 0 Å². The SMILES string of the molecule is NCC1CCC(C(=O)OCCCc2ccccc2)O1. The van der Waals surface area contributed by atoms with E-state index in [0.717, 1.165) is 25.7 Å². The van der Waals surface area contributed by atoms with E-state index in [9.17, 15) is 4.79 Å². The summed E-state index contributed by atoms with van der Waals surface area (Å²) >= 11 is 0. The fourth-order valence-electron chi connectivity index (χ4n) is 2.24. The quantitative estimate of drug-likeness (QED) is 0.626. The van der Waals surface area contributed by atoms with Crippen LogP contribution in [-0.4, -0.2) is 31.3 Å². The predicted molar refractivity (Wildman–Crippen MR) is 72.7 cm³/mol. The van der Waals surface area contributed by atoms with Gasteiger partial charge in [0.05, 0.1) is 12.7 Å². The molecule has 1 saturated heterocycles. The van der Waals surface area contributed by atoms with Gasteiger partial charge in [-0.05, 0) is 31.2 Å². The van der Waals surface area contributed by atoms with Crippen molar-refractivity contribution < 1.29 is 14.3 Å². The van der Waals surface area contributed by atoms with Crippen LogP contribution in [0.3, 0.4) is 0 Å². The molecule has 1 aliphatic heterocycles. The first kappa shape index (κ1) is 14.0. The fourth-order valence-corrected chi connectivity index (χ4v) is 2.24. The molecule has 2 N–H and O–H groups in total. The topological polar surface area (TPSA) is 61.6 Å². The maximum absolute atomic E-state index is 11.7. The predicted octanol–water partition coefficient (Wildman–Crippen LogP) is 1.67. The number of benzene rings is 1. The molecule has 0 spiro atoms. The van der Waals surface area contributed by atoms with Gasteiger partial charge in [0.25, 0.3) is 0 Å². The van der Waals surface area contributed by atoms with Crippen molar-refractivity contribution in [2.75, 3.05) is 13.2 Å². The molecule has 104 valence electrons. The molecule has 1 heterocycles. The lowest BCUT2D eigenvalue weighted by molar-refractivity contribution is -0.156. The molecular formula is C15H21NO3. The molecule has 2 unspecified atom stereocenters. The van der Waals surface area contributed by atoms with Gasteiger partial charge in [-0.1, -0.05) is 30.3 Å². The highest BCUT2D eigenvalue weighted by molar-refractivity contribution is 5.74. The summed E-state index contributed by atoms with van der Waals surface area (Å²) in [7, 11) is 0. The molecule has 1 aromatic rings. The third-order valence-electron chi connectivity index (χ3n) is 3.33. The molecule has 0 aromatic heterocycles. The first-order valence-electron chi connectivity index (χ1n) is 6.85. The Balaban J connectivity index is 1.62. The Kier molecular flexibility index (Phi) is 5.36. The van der Waals surface area contributed by atoms with Crippen LogP contribution in [0.1, 0.15) is 24.8 Å². The summed E-state index contributed by atoms with van der Waals surface area (Å²) < 4.78 is 10.7. The number of carbonyl (C=O) groups is 1. The fraction of sp³-hybridized carbons (Fsp3) is 0.533. The Morgan fingerprint density at radius 3 is 2.79 bits per heavy atom. The second-order valence-corrected chi connectivity index (χ2v) is 4.82. The largest absolute Gasteiger partial charge is 0.464 e. The molecule has 0 saturated carbocycles. The number of ether oxygens (including phenoxy) is 2. The first-order valence-corrected chi connectivity index (χ1v) is 6.85. The van der Waals surface area contributed by atoms with Crippen molar-refractivity contribution >= 4 is 5.97 Å². The zero-order valence-electron chi connectivity index (χ0n) is 11.1. The highest BCUT2D eigenvalue weighted by atomic mass is 16.6. The molecule has 2 atom stereocenters. The Bertz CT molecular complexity index is 394. The summed E-state index contributed by atoms with van der Waals surface area (Å²) in [5.41, 5.74) is 6.77. The molecular weight excluding hydrogens is 242 g/mol. The summed E-state index contributed by atoms with van der Waals surface area (Å²) in [6.45, 7) is 0.915. The molecule has 1 aromatic carbocycles. The van der Waals surface area contributed by atoms with E-state index < -0.39 is 6.10 Å². The zero-order valence-corrected chi connectivity index (χ0v) is 11.1. The molecule has 19 heavy (non-hydrogen) atoms. The maximum atomic E-state index is 11.7. The smallest absolute Gasteiger partial charge is 0.335 e. The van der Waals surface area contributed by atoms with Gasteiger partial charge in [0, 0.05) is 6.54 Å². The summed E-state index contributed by atoms with van der Waals surface area (Å²) in [6, 6.07) is 10.2. The van der Waals surface area contributed by atoms with Crippen LogP contribution in [0.5, 0.6) is 0 Å². The second-order valence-electron chi connectivity index (χ2n) is 4.82. The number of hydrogen-bond acceptors (Lipinski definition) is 4. The van der Waals surface area contributed by atoms with Crippen molar-refractivity contribution in [2.24, 2.45) is 5.73 Å². The van der Waals surface area contributed by atoms with Gasteiger partial charge in [-0.3, -0.25) is 0 Å². The minimum absolute atomic E-state index is 0.0156. The first-order chi connectivity index (χ1) is 9.29. The Hall–Kier alpha value is -1.39. The van der Waals surface area contributed by atoms with E-state index in [1.54, 1.807) is 0 Å². The summed E-state index contributed by atoms with van der Waals surface area (Å²) in [6.07, 6.45) is 2.93. The van der Waals surface area contributed by atoms with Gasteiger partial charge in [0.2, 0.25) is 0 Å². The number of nitrogens with two attached hydrogens (primary N) is 1. The zero-order chi connectivity index (χ0) is 13.5. The monoisotopic (exact) mass is 263 g/mol. The highest BCUT2D eigenvalue weighted by Crippen LogP contribution is 2.19. The van der Waals surface area contributed by atoms with Crippen LogP contribution in [0.15, 0.2) is 30.3 Å². The third-order valence-corrected chi connectivity index (χ3v) is 3.33. The molecule has 1 aliphatic rings. The number of carbonyl (C=O) groups excluding carboxylic acids is 1. The van der Waals surface area contributed by atoms with Crippen LogP contribution < -0.4 is 5.73 Å². The standard InChI is InChI=1S/C15H21NO3/c16-11-13-8-9-14(19-13)15(17)18-10-4-7-12-5-2-1-3-6-12/h1-3,5-6,13-14H,4,7-11,16H2. The van der Waals surface area contributed by atoms with Gasteiger partial charge < -0.3 is 15.2 Å². The number of hydrogen-bond donors (Lipinski definition) is 1. The maximum Gasteiger partial charge on any atom is 0.335 e. The van der Waals surface area contributed by atoms with E-state index in [1.807, 2.05) is 18.2 Å². The van der Waals surface area contributed by atoms with Gasteiger partial charge in [-0.2, -0.15) is 0 Å². The molecule has 4 nitrogen and oxygen atoms in total. The van der Waals surface area contributed by atoms with Crippen LogP contribution in [0, 0.1) is 0 Å². The summed E-state index contributed by atoms with van der Waals surface area (Å²) in [5.74, 6) is -0.246. The van der Waals surface area contributed by atoms with Crippen molar-refractivity contribution in [3.05, 3.63) is 35.9 Å². The molecule has 0 amide bonds. The van der Waals surface area contributed by atoms with Gasteiger partial charge in [-0.15, -0.1) is 0 Å². The molecule has 1 fully saturated rings. The van der Waals surface area contributed by atoms with Crippen molar-refractivity contribution in [3.8, 4) is 0 Å². The summed E-state index contributed by atoms with van der Waals surface area (Å²) in [4.78, 5) is 11.7. The summed E-state index contributed by atoms with van der Waals surface area (Å²) in [5, 5.41) is 0. The lowest BCUT2D eigenvalue weighted by atomic mass is 10.1. The van der Waals surface area contributed by atoms with Gasteiger partial charge in [0.15, 0.2) is 6.10 Å². The van der Waals surface area contributed by atoms with Gasteiger partial charge >= 0.3 is 5.97 Å². The lowest BCUT2D eigenvalue weighted by Crippen LogP contribution is -2.27. The minimum Gasteiger partial charge on any atom is -0.464 e. The average Bonchev–Trinajstić information content (AvgIpc) is 2.93. The van der Waals surface area contributed by atoms with E-state index in [2.05, 4.69) is 12.1 Å². The van der Waals surface area contributed by atoms with E-state index in [-0.39, 0.29) is 12.1 Å². The number of esters is 1. The van der Waals surface area contributed by atoms with Crippen molar-refractivity contribution in [2.45, 2.75) is 37.9 Å². The molecule has 0 aliphatic carbocycles. The Morgan fingerprint density at radius 1 is 1.32 bits per heavy atom. The van der Waals surface area contributed by atoms with Crippen molar-refractivity contribution in [1.82, 2.24) is 0 Å². The van der Waals surface area contributed by atoms with E-state index in [1.165, 1.54) is 5.56 Å². The van der Waals surface area contributed by atoms with E-state index in [4.69, 9.17) is 15.2 Å². The van der Waals surface area contributed by atoms with E-state index in [0.29, 0.717) is 13.2 Å². The van der Waals surface area contributed by atoms with Crippen LogP contribution in [0.4, 0.5) is 0 Å². The van der Waals surface area contributed by atoms with Gasteiger partial charge in [0.1, 0.15) is 0 Å².